The Labute approximate surface area is 96.2 Å². The lowest BCUT2D eigenvalue weighted by Gasteiger charge is -2.31. The number of halogens is 1. The van der Waals surface area contributed by atoms with Gasteiger partial charge < -0.3 is 5.32 Å². The summed E-state index contributed by atoms with van der Waals surface area (Å²) >= 11 is 5.96. The van der Waals surface area contributed by atoms with Gasteiger partial charge >= 0.3 is 0 Å². The minimum absolute atomic E-state index is 0.595. The molecule has 1 aliphatic rings. The molecule has 1 unspecified atom stereocenters. The van der Waals surface area contributed by atoms with Crippen LogP contribution in [0.2, 0.25) is 5.02 Å². The standard InChI is InChI=1S/C12H17ClN2/c1-10-8-15(6-5-14-10)9-11-3-2-4-12(13)7-11/h2-4,7,10,14H,5-6,8-9H2,1H3. The molecule has 82 valence electrons. The Morgan fingerprint density at radius 3 is 3.13 bits per heavy atom. The Hall–Kier alpha value is -0.570. The van der Waals surface area contributed by atoms with E-state index >= 15 is 0 Å². The van der Waals surface area contributed by atoms with E-state index in [2.05, 4.69) is 23.2 Å². The summed E-state index contributed by atoms with van der Waals surface area (Å²) in [6, 6.07) is 8.72. The minimum atomic E-state index is 0.595. The molecule has 2 nitrogen and oxygen atoms in total. The van der Waals surface area contributed by atoms with Crippen LogP contribution in [-0.4, -0.2) is 30.6 Å². The van der Waals surface area contributed by atoms with Crippen LogP contribution < -0.4 is 5.32 Å². The Kier molecular flexibility index (Phi) is 3.62. The van der Waals surface area contributed by atoms with Crippen molar-refractivity contribution in [1.82, 2.24) is 10.2 Å². The van der Waals surface area contributed by atoms with Gasteiger partial charge in [-0.1, -0.05) is 23.7 Å². The first-order valence-corrected chi connectivity index (χ1v) is 5.82. The molecule has 1 heterocycles. The second-order valence-corrected chi connectivity index (χ2v) is 4.66. The first-order valence-electron chi connectivity index (χ1n) is 5.44. The first kappa shape index (κ1) is 10.9. The molecule has 0 aliphatic carbocycles. The van der Waals surface area contributed by atoms with Gasteiger partial charge in [0.25, 0.3) is 0 Å². The number of benzene rings is 1. The largest absolute Gasteiger partial charge is 0.312 e. The maximum absolute atomic E-state index is 5.96. The molecule has 0 spiro atoms. The molecule has 15 heavy (non-hydrogen) atoms. The summed E-state index contributed by atoms with van der Waals surface area (Å²) in [6.07, 6.45) is 0. The van der Waals surface area contributed by atoms with Gasteiger partial charge in [0.15, 0.2) is 0 Å². The molecule has 0 saturated carbocycles. The van der Waals surface area contributed by atoms with E-state index in [1.807, 2.05) is 18.2 Å². The van der Waals surface area contributed by atoms with E-state index in [-0.39, 0.29) is 0 Å². The summed E-state index contributed by atoms with van der Waals surface area (Å²) in [7, 11) is 0. The quantitative estimate of drug-likeness (QED) is 0.828. The van der Waals surface area contributed by atoms with E-state index in [1.54, 1.807) is 0 Å². The third-order valence-electron chi connectivity index (χ3n) is 2.75. The highest BCUT2D eigenvalue weighted by molar-refractivity contribution is 6.30. The highest BCUT2D eigenvalue weighted by atomic mass is 35.5. The fourth-order valence-corrected chi connectivity index (χ4v) is 2.26. The summed E-state index contributed by atoms with van der Waals surface area (Å²) < 4.78 is 0. The molecular weight excluding hydrogens is 208 g/mol. The number of piperazine rings is 1. The van der Waals surface area contributed by atoms with Gasteiger partial charge in [-0.2, -0.15) is 0 Å². The van der Waals surface area contributed by atoms with E-state index in [9.17, 15) is 0 Å². The lowest BCUT2D eigenvalue weighted by molar-refractivity contribution is 0.199. The smallest absolute Gasteiger partial charge is 0.0409 e. The van der Waals surface area contributed by atoms with Crippen molar-refractivity contribution in [2.45, 2.75) is 19.5 Å². The van der Waals surface area contributed by atoms with E-state index in [0.29, 0.717) is 6.04 Å². The van der Waals surface area contributed by atoms with E-state index in [0.717, 1.165) is 31.2 Å². The van der Waals surface area contributed by atoms with Crippen LogP contribution in [-0.2, 0) is 6.54 Å². The monoisotopic (exact) mass is 224 g/mol. The average molecular weight is 225 g/mol. The molecule has 1 fully saturated rings. The molecule has 1 aliphatic heterocycles. The van der Waals surface area contributed by atoms with Crippen molar-refractivity contribution < 1.29 is 0 Å². The second-order valence-electron chi connectivity index (χ2n) is 4.22. The molecule has 1 N–H and O–H groups in total. The summed E-state index contributed by atoms with van der Waals surface area (Å²) in [5, 5.41) is 4.27. The highest BCUT2D eigenvalue weighted by Gasteiger charge is 2.15. The van der Waals surface area contributed by atoms with Crippen molar-refractivity contribution in [2.75, 3.05) is 19.6 Å². The van der Waals surface area contributed by atoms with Crippen molar-refractivity contribution in [2.24, 2.45) is 0 Å². The first-order chi connectivity index (χ1) is 7.24. The van der Waals surface area contributed by atoms with Crippen molar-refractivity contribution in [1.29, 1.82) is 0 Å². The van der Waals surface area contributed by atoms with Crippen LogP contribution in [0.15, 0.2) is 24.3 Å². The van der Waals surface area contributed by atoms with Crippen LogP contribution in [0, 0.1) is 0 Å². The SMILES string of the molecule is CC1CN(Cc2cccc(Cl)c2)CCN1. The molecule has 0 bridgehead atoms. The van der Waals surface area contributed by atoms with Gasteiger partial charge in [-0.15, -0.1) is 0 Å². The Bertz CT molecular complexity index is 327. The third kappa shape index (κ3) is 3.20. The van der Waals surface area contributed by atoms with E-state index < -0.39 is 0 Å². The fraction of sp³-hybridized carbons (Fsp3) is 0.500. The lowest BCUT2D eigenvalue weighted by Crippen LogP contribution is -2.48. The third-order valence-corrected chi connectivity index (χ3v) is 2.98. The molecule has 0 aromatic heterocycles. The highest BCUT2D eigenvalue weighted by Crippen LogP contribution is 2.13. The zero-order valence-electron chi connectivity index (χ0n) is 9.04. The zero-order chi connectivity index (χ0) is 10.7. The van der Waals surface area contributed by atoms with Crippen molar-refractivity contribution >= 4 is 11.6 Å². The molecular formula is C12H17ClN2. The fourth-order valence-electron chi connectivity index (χ4n) is 2.05. The van der Waals surface area contributed by atoms with Crippen LogP contribution >= 0.6 is 11.6 Å². The van der Waals surface area contributed by atoms with Crippen molar-refractivity contribution in [3.63, 3.8) is 0 Å². The molecule has 1 aromatic carbocycles. The van der Waals surface area contributed by atoms with Gasteiger partial charge in [0.2, 0.25) is 0 Å². The molecule has 1 aromatic rings. The Morgan fingerprint density at radius 1 is 1.53 bits per heavy atom. The minimum Gasteiger partial charge on any atom is -0.312 e. The number of hydrogen-bond donors (Lipinski definition) is 1. The Balaban J connectivity index is 1.96. The normalized spacial score (nSPS) is 22.9. The summed E-state index contributed by atoms with van der Waals surface area (Å²) in [6.45, 7) is 6.56. The molecule has 3 heteroatoms. The maximum Gasteiger partial charge on any atom is 0.0409 e. The zero-order valence-corrected chi connectivity index (χ0v) is 9.80. The second kappa shape index (κ2) is 4.97. The summed E-state index contributed by atoms with van der Waals surface area (Å²) in [5.74, 6) is 0. The van der Waals surface area contributed by atoms with E-state index in [1.165, 1.54) is 5.56 Å². The van der Waals surface area contributed by atoms with Gasteiger partial charge in [0.1, 0.15) is 0 Å². The molecule has 1 saturated heterocycles. The van der Waals surface area contributed by atoms with Crippen LogP contribution in [0.1, 0.15) is 12.5 Å². The number of nitrogens with zero attached hydrogens (tertiary/aromatic N) is 1. The van der Waals surface area contributed by atoms with Crippen LogP contribution in [0.3, 0.4) is 0 Å². The van der Waals surface area contributed by atoms with Gasteiger partial charge in [0.05, 0.1) is 0 Å². The molecule has 1 atom stereocenters. The van der Waals surface area contributed by atoms with Gasteiger partial charge in [-0.3, -0.25) is 4.90 Å². The van der Waals surface area contributed by atoms with Crippen molar-refractivity contribution in [3.8, 4) is 0 Å². The Morgan fingerprint density at radius 2 is 2.40 bits per heavy atom. The van der Waals surface area contributed by atoms with E-state index in [4.69, 9.17) is 11.6 Å². The average Bonchev–Trinajstić information content (AvgIpc) is 2.17. The van der Waals surface area contributed by atoms with Gasteiger partial charge in [0, 0.05) is 37.2 Å². The molecule has 0 radical (unpaired) electrons. The van der Waals surface area contributed by atoms with Crippen LogP contribution in [0.5, 0.6) is 0 Å². The maximum atomic E-state index is 5.96. The van der Waals surface area contributed by atoms with Crippen LogP contribution in [0.25, 0.3) is 0 Å². The number of rotatable bonds is 2. The van der Waals surface area contributed by atoms with Gasteiger partial charge in [-0.25, -0.2) is 0 Å². The predicted molar refractivity (Wildman–Crippen MR) is 64.2 cm³/mol. The lowest BCUT2D eigenvalue weighted by atomic mass is 10.1. The molecule has 0 amide bonds. The number of hydrogen-bond acceptors (Lipinski definition) is 2. The van der Waals surface area contributed by atoms with Crippen LogP contribution in [0.4, 0.5) is 0 Å². The van der Waals surface area contributed by atoms with Gasteiger partial charge in [-0.05, 0) is 24.6 Å². The number of nitrogens with one attached hydrogen (secondary N) is 1. The molecule has 2 rings (SSSR count). The topological polar surface area (TPSA) is 15.3 Å². The predicted octanol–water partition coefficient (Wildman–Crippen LogP) is 2.13. The van der Waals surface area contributed by atoms with Crippen molar-refractivity contribution in [3.05, 3.63) is 34.9 Å². The summed E-state index contributed by atoms with van der Waals surface area (Å²) in [4.78, 5) is 2.47. The summed E-state index contributed by atoms with van der Waals surface area (Å²) in [5.41, 5.74) is 1.30.